The first-order chi connectivity index (χ1) is 8.21. The molecule has 1 aromatic rings. The molecule has 0 bridgehead atoms. The quantitative estimate of drug-likeness (QED) is 0.581. The van der Waals surface area contributed by atoms with Crippen molar-refractivity contribution in [3.8, 4) is 0 Å². The summed E-state index contributed by atoms with van der Waals surface area (Å²) in [6, 6.07) is 2.92. The molecule has 1 aromatic carbocycles. The lowest BCUT2D eigenvalue weighted by Crippen LogP contribution is -2.27. The first-order valence-corrected chi connectivity index (χ1v) is 4.88. The van der Waals surface area contributed by atoms with Crippen LogP contribution in [0, 0.1) is 0 Å². The van der Waals surface area contributed by atoms with Crippen molar-refractivity contribution in [1.82, 2.24) is 0 Å². The molecule has 0 aliphatic heterocycles. The Morgan fingerprint density at radius 1 is 1.28 bits per heavy atom. The van der Waals surface area contributed by atoms with E-state index in [-0.39, 0.29) is 5.69 Å². The predicted octanol–water partition coefficient (Wildman–Crippen LogP) is 2.33. The highest BCUT2D eigenvalue weighted by molar-refractivity contribution is 5.59. The zero-order valence-corrected chi connectivity index (χ0v) is 9.01. The maximum atomic E-state index is 12.6. The van der Waals surface area contributed by atoms with E-state index in [0.29, 0.717) is 6.07 Å². The summed E-state index contributed by atoms with van der Waals surface area (Å²) in [4.78, 5) is 0. The highest BCUT2D eigenvalue weighted by atomic mass is 19.4. The fraction of sp³-hybridized carbons (Fsp3) is 0.400. The molecule has 1 atom stereocenters. The molecule has 0 saturated heterocycles. The molecule has 102 valence electrons. The summed E-state index contributed by atoms with van der Waals surface area (Å²) in [5.74, 6) is 0. The van der Waals surface area contributed by atoms with Gasteiger partial charge < -0.3 is 16.2 Å². The van der Waals surface area contributed by atoms with Crippen LogP contribution in [0.15, 0.2) is 18.2 Å². The van der Waals surface area contributed by atoms with Crippen molar-refractivity contribution < 1.29 is 27.1 Å². The van der Waals surface area contributed by atoms with Gasteiger partial charge in [-0.3, -0.25) is 0 Å². The average molecular weight is 270 g/mol. The summed E-state index contributed by atoms with van der Waals surface area (Å²) in [5.41, 5.74) is 3.66. The molecule has 1 unspecified atom stereocenters. The van der Waals surface area contributed by atoms with Gasteiger partial charge in [-0.05, 0) is 18.2 Å². The van der Waals surface area contributed by atoms with E-state index in [2.05, 4.69) is 5.32 Å². The number of nitrogens with two attached hydrogens (primary N) is 1. The van der Waals surface area contributed by atoms with E-state index in [4.69, 9.17) is 10.8 Å². The van der Waals surface area contributed by atoms with Gasteiger partial charge in [0.05, 0.1) is 5.56 Å². The molecule has 0 fully saturated rings. The minimum atomic E-state index is -4.66. The fourth-order valence-electron chi connectivity index (χ4n) is 1.25. The van der Waals surface area contributed by atoms with Gasteiger partial charge in [-0.1, -0.05) is 0 Å². The molecule has 0 aliphatic rings. The number of alkyl halides is 5. The van der Waals surface area contributed by atoms with Gasteiger partial charge in [-0.15, -0.1) is 0 Å². The van der Waals surface area contributed by atoms with Gasteiger partial charge in [0.15, 0.2) is 0 Å². The molecule has 4 N–H and O–H groups in total. The Morgan fingerprint density at radius 2 is 1.89 bits per heavy atom. The van der Waals surface area contributed by atoms with Gasteiger partial charge in [0.2, 0.25) is 0 Å². The number of rotatable bonds is 4. The number of hydrogen-bond donors (Lipinski definition) is 3. The number of halogens is 5. The molecule has 1 rings (SSSR count). The summed E-state index contributed by atoms with van der Waals surface area (Å²) < 4.78 is 61.8. The van der Waals surface area contributed by atoms with Crippen LogP contribution < -0.4 is 11.1 Å². The lowest BCUT2D eigenvalue weighted by molar-refractivity contribution is -0.136. The number of aliphatic hydroxyl groups excluding tert-OH is 1. The van der Waals surface area contributed by atoms with Crippen LogP contribution in [0.25, 0.3) is 0 Å². The van der Waals surface area contributed by atoms with Crippen molar-refractivity contribution >= 4 is 11.4 Å². The number of hydrogen-bond acceptors (Lipinski definition) is 3. The van der Waals surface area contributed by atoms with Crippen molar-refractivity contribution in [2.45, 2.75) is 18.7 Å². The Kier molecular flexibility index (Phi) is 4.33. The van der Waals surface area contributed by atoms with Crippen LogP contribution in [0.1, 0.15) is 5.56 Å². The fourth-order valence-corrected chi connectivity index (χ4v) is 1.25. The van der Waals surface area contributed by atoms with Gasteiger partial charge in [0, 0.05) is 17.9 Å². The van der Waals surface area contributed by atoms with E-state index < -0.39 is 36.5 Å². The zero-order valence-electron chi connectivity index (χ0n) is 9.01. The van der Waals surface area contributed by atoms with Gasteiger partial charge in [-0.25, -0.2) is 8.78 Å². The first-order valence-electron chi connectivity index (χ1n) is 4.88. The van der Waals surface area contributed by atoms with Gasteiger partial charge in [0.1, 0.15) is 6.10 Å². The van der Waals surface area contributed by atoms with Gasteiger partial charge in [0.25, 0.3) is 6.43 Å². The van der Waals surface area contributed by atoms with Crippen LogP contribution in [-0.4, -0.2) is 24.2 Å². The zero-order chi connectivity index (χ0) is 13.9. The van der Waals surface area contributed by atoms with Crippen molar-refractivity contribution in [3.63, 3.8) is 0 Å². The third-order valence-corrected chi connectivity index (χ3v) is 2.14. The molecular formula is C10H11F5N2O. The molecule has 0 heterocycles. The molecule has 0 spiro atoms. The van der Waals surface area contributed by atoms with Crippen molar-refractivity contribution in [2.75, 3.05) is 17.6 Å². The van der Waals surface area contributed by atoms with E-state index >= 15 is 0 Å². The largest absolute Gasteiger partial charge is 0.418 e. The SMILES string of the molecule is Nc1ccc(NCC(O)C(F)F)c(C(F)(F)F)c1. The minimum absolute atomic E-state index is 0.0951. The van der Waals surface area contributed by atoms with Crippen LogP contribution in [0.2, 0.25) is 0 Å². The summed E-state index contributed by atoms with van der Waals surface area (Å²) in [6.45, 7) is -0.690. The minimum Gasteiger partial charge on any atom is -0.399 e. The lowest BCUT2D eigenvalue weighted by atomic mass is 10.1. The third-order valence-electron chi connectivity index (χ3n) is 2.14. The second-order valence-electron chi connectivity index (χ2n) is 3.59. The normalized spacial score (nSPS) is 13.7. The maximum Gasteiger partial charge on any atom is 0.418 e. The van der Waals surface area contributed by atoms with E-state index in [1.807, 2.05) is 0 Å². The summed E-state index contributed by atoms with van der Waals surface area (Å²) >= 11 is 0. The summed E-state index contributed by atoms with van der Waals surface area (Å²) in [6.07, 6.45) is -9.72. The van der Waals surface area contributed by atoms with E-state index in [0.717, 1.165) is 6.07 Å². The topological polar surface area (TPSA) is 58.3 Å². The number of nitrogens with one attached hydrogen (secondary N) is 1. The maximum absolute atomic E-state index is 12.6. The average Bonchev–Trinajstić information content (AvgIpc) is 2.25. The van der Waals surface area contributed by atoms with Gasteiger partial charge in [-0.2, -0.15) is 13.2 Å². The summed E-state index contributed by atoms with van der Waals surface area (Å²) in [7, 11) is 0. The Balaban J connectivity index is 2.89. The third kappa shape index (κ3) is 3.73. The Labute approximate surface area is 99.4 Å². The summed E-state index contributed by atoms with van der Waals surface area (Å²) in [5, 5.41) is 10.9. The molecule has 0 aliphatic carbocycles. The molecule has 8 heteroatoms. The van der Waals surface area contributed by atoms with Crippen LogP contribution >= 0.6 is 0 Å². The Morgan fingerprint density at radius 3 is 2.39 bits per heavy atom. The monoisotopic (exact) mass is 270 g/mol. The molecule has 0 aromatic heterocycles. The van der Waals surface area contributed by atoms with E-state index in [1.54, 1.807) is 0 Å². The highest BCUT2D eigenvalue weighted by Gasteiger charge is 2.34. The van der Waals surface area contributed by atoms with Crippen LogP contribution in [0.4, 0.5) is 33.3 Å². The molecule has 0 saturated carbocycles. The van der Waals surface area contributed by atoms with Crippen molar-refractivity contribution in [2.24, 2.45) is 0 Å². The smallest absolute Gasteiger partial charge is 0.399 e. The second kappa shape index (κ2) is 5.38. The molecule has 0 amide bonds. The highest BCUT2D eigenvalue weighted by Crippen LogP contribution is 2.36. The second-order valence-corrected chi connectivity index (χ2v) is 3.59. The van der Waals surface area contributed by atoms with Crippen LogP contribution in [-0.2, 0) is 6.18 Å². The molecule has 3 nitrogen and oxygen atoms in total. The van der Waals surface area contributed by atoms with Crippen molar-refractivity contribution in [1.29, 1.82) is 0 Å². The predicted molar refractivity (Wildman–Crippen MR) is 56.4 cm³/mol. The standard InChI is InChI=1S/C10H11F5N2O/c11-9(12)8(18)4-17-7-2-1-5(16)3-6(7)10(13,14)15/h1-3,8-9,17-18H,4,16H2. The number of aliphatic hydroxyl groups is 1. The van der Waals surface area contributed by atoms with E-state index in [9.17, 15) is 22.0 Å². The van der Waals surface area contributed by atoms with Crippen LogP contribution in [0.3, 0.4) is 0 Å². The number of benzene rings is 1. The lowest BCUT2D eigenvalue weighted by Gasteiger charge is -2.17. The molecule has 0 radical (unpaired) electrons. The molecular weight excluding hydrogens is 259 g/mol. The van der Waals surface area contributed by atoms with E-state index in [1.165, 1.54) is 6.07 Å². The van der Waals surface area contributed by atoms with Crippen LogP contribution in [0.5, 0.6) is 0 Å². The Hall–Kier alpha value is -1.57. The molecule has 18 heavy (non-hydrogen) atoms. The van der Waals surface area contributed by atoms with Crippen molar-refractivity contribution in [3.05, 3.63) is 23.8 Å². The Bertz CT molecular complexity index is 408. The van der Waals surface area contributed by atoms with Gasteiger partial charge >= 0.3 is 6.18 Å². The number of anilines is 2. The first kappa shape index (κ1) is 14.5. The number of nitrogen functional groups attached to an aromatic ring is 1.